The molecule has 0 radical (unpaired) electrons. The van der Waals surface area contributed by atoms with Crippen LogP contribution in [0.3, 0.4) is 0 Å². The first kappa shape index (κ1) is 19.6. The Labute approximate surface area is 172 Å². The van der Waals surface area contributed by atoms with E-state index in [0.717, 1.165) is 67.6 Å². The highest BCUT2D eigenvalue weighted by atomic mass is 16.5. The molecule has 0 aliphatic carbocycles. The minimum absolute atomic E-state index is 0.556. The van der Waals surface area contributed by atoms with Crippen molar-refractivity contribution in [2.75, 3.05) is 31.2 Å². The van der Waals surface area contributed by atoms with Crippen LogP contribution in [0.1, 0.15) is 43.3 Å². The minimum atomic E-state index is 0.556. The van der Waals surface area contributed by atoms with Gasteiger partial charge in [-0.25, -0.2) is 9.97 Å². The maximum Gasteiger partial charge on any atom is 0.132 e. The Hall–Kier alpha value is -2.73. The first-order valence-electron chi connectivity index (χ1n) is 10.6. The van der Waals surface area contributed by atoms with Crippen LogP contribution in [0.5, 0.6) is 0 Å². The lowest BCUT2D eigenvalue weighted by molar-refractivity contribution is 0.122. The molecule has 0 spiro atoms. The Morgan fingerprint density at radius 3 is 2.90 bits per heavy atom. The topological polar surface area (TPSA) is 66.4 Å². The number of nitrogens with one attached hydrogen (secondary N) is 1. The van der Waals surface area contributed by atoms with Gasteiger partial charge in [0.15, 0.2) is 0 Å². The monoisotopic (exact) mass is 391 g/mol. The first-order valence-corrected chi connectivity index (χ1v) is 10.6. The molecule has 1 aromatic carbocycles. The minimum Gasteiger partial charge on any atom is -0.378 e. The molecule has 1 saturated heterocycles. The SMILES string of the molecule is CCCCCc1nc(CN=Cc2c[nH]c3ccccc23)cc(N2CCOCC2)n1. The lowest BCUT2D eigenvalue weighted by Gasteiger charge is -2.28. The van der Waals surface area contributed by atoms with Crippen LogP contribution in [0.4, 0.5) is 5.82 Å². The summed E-state index contributed by atoms with van der Waals surface area (Å²) in [5, 5.41) is 1.19. The zero-order chi connectivity index (χ0) is 19.9. The maximum absolute atomic E-state index is 5.49. The van der Waals surface area contributed by atoms with Gasteiger partial charge in [-0.15, -0.1) is 0 Å². The fraction of sp³-hybridized carbons (Fsp3) is 0.435. The number of aromatic amines is 1. The number of morpholine rings is 1. The normalized spacial score (nSPS) is 14.9. The van der Waals surface area contributed by atoms with E-state index in [1.165, 1.54) is 18.2 Å². The Morgan fingerprint density at radius 2 is 2.03 bits per heavy atom. The second-order valence-corrected chi connectivity index (χ2v) is 7.45. The second kappa shape index (κ2) is 9.65. The molecule has 0 atom stereocenters. The first-order chi connectivity index (χ1) is 14.3. The number of unbranched alkanes of at least 4 members (excludes halogenated alkanes) is 2. The van der Waals surface area contributed by atoms with Gasteiger partial charge >= 0.3 is 0 Å². The number of hydrogen-bond donors (Lipinski definition) is 1. The van der Waals surface area contributed by atoms with Gasteiger partial charge in [-0.2, -0.15) is 0 Å². The number of ether oxygens (including phenoxy) is 1. The van der Waals surface area contributed by atoms with E-state index in [4.69, 9.17) is 14.7 Å². The van der Waals surface area contributed by atoms with Gasteiger partial charge < -0.3 is 14.6 Å². The van der Waals surface area contributed by atoms with Crippen LogP contribution < -0.4 is 4.90 Å². The number of nitrogens with zero attached hydrogens (tertiary/aromatic N) is 4. The summed E-state index contributed by atoms with van der Waals surface area (Å²) in [7, 11) is 0. The van der Waals surface area contributed by atoms with Gasteiger partial charge in [0.05, 0.1) is 25.5 Å². The van der Waals surface area contributed by atoms with Crippen LogP contribution in [0.2, 0.25) is 0 Å². The van der Waals surface area contributed by atoms with Gasteiger partial charge in [0.2, 0.25) is 0 Å². The third-order valence-electron chi connectivity index (χ3n) is 5.26. The highest BCUT2D eigenvalue weighted by Gasteiger charge is 2.15. The largest absolute Gasteiger partial charge is 0.378 e. The molecular weight excluding hydrogens is 362 g/mol. The van der Waals surface area contributed by atoms with Crippen molar-refractivity contribution in [2.45, 2.75) is 39.2 Å². The molecule has 1 N–H and O–H groups in total. The molecule has 0 bridgehead atoms. The number of benzene rings is 1. The summed E-state index contributed by atoms with van der Waals surface area (Å²) in [6, 6.07) is 10.4. The number of para-hydroxylation sites is 1. The van der Waals surface area contributed by atoms with Crippen LogP contribution in [0.15, 0.2) is 41.5 Å². The predicted octanol–water partition coefficient (Wildman–Crippen LogP) is 4.15. The molecule has 152 valence electrons. The predicted molar refractivity (Wildman–Crippen MR) is 118 cm³/mol. The van der Waals surface area contributed by atoms with E-state index >= 15 is 0 Å². The number of H-pyrrole nitrogens is 1. The molecule has 1 aliphatic heterocycles. The Morgan fingerprint density at radius 1 is 1.17 bits per heavy atom. The van der Waals surface area contributed by atoms with E-state index in [2.05, 4.69) is 46.1 Å². The second-order valence-electron chi connectivity index (χ2n) is 7.45. The maximum atomic E-state index is 5.49. The van der Waals surface area contributed by atoms with Crippen molar-refractivity contribution in [1.82, 2.24) is 15.0 Å². The molecule has 1 aliphatic rings. The summed E-state index contributed by atoms with van der Waals surface area (Å²) >= 11 is 0. The van der Waals surface area contributed by atoms with Crippen molar-refractivity contribution >= 4 is 22.9 Å². The molecule has 6 nitrogen and oxygen atoms in total. The van der Waals surface area contributed by atoms with Crippen LogP contribution in [-0.2, 0) is 17.7 Å². The van der Waals surface area contributed by atoms with Gasteiger partial charge in [0.25, 0.3) is 0 Å². The van der Waals surface area contributed by atoms with Crippen molar-refractivity contribution in [2.24, 2.45) is 4.99 Å². The van der Waals surface area contributed by atoms with Crippen molar-refractivity contribution in [3.05, 3.63) is 53.6 Å². The molecule has 1 fully saturated rings. The van der Waals surface area contributed by atoms with E-state index in [0.29, 0.717) is 6.54 Å². The summed E-state index contributed by atoms with van der Waals surface area (Å²) in [4.78, 5) is 19.9. The molecule has 0 amide bonds. The highest BCUT2D eigenvalue weighted by molar-refractivity contribution is 5.98. The van der Waals surface area contributed by atoms with E-state index in [9.17, 15) is 0 Å². The zero-order valence-corrected chi connectivity index (χ0v) is 17.1. The van der Waals surface area contributed by atoms with Crippen molar-refractivity contribution in [1.29, 1.82) is 0 Å². The quantitative estimate of drug-likeness (QED) is 0.463. The summed E-state index contributed by atoms with van der Waals surface area (Å²) in [5.74, 6) is 1.94. The smallest absolute Gasteiger partial charge is 0.132 e. The van der Waals surface area contributed by atoms with Crippen LogP contribution >= 0.6 is 0 Å². The van der Waals surface area contributed by atoms with Gasteiger partial charge in [-0.05, 0) is 12.5 Å². The number of anilines is 1. The number of aliphatic imine (C=N–C) groups is 1. The fourth-order valence-corrected chi connectivity index (χ4v) is 3.66. The van der Waals surface area contributed by atoms with E-state index in [-0.39, 0.29) is 0 Å². The third kappa shape index (κ3) is 5.01. The summed E-state index contributed by atoms with van der Waals surface area (Å²) in [6.45, 7) is 6.04. The van der Waals surface area contributed by atoms with Crippen LogP contribution in [0, 0.1) is 0 Å². The van der Waals surface area contributed by atoms with Gasteiger partial charge in [-0.1, -0.05) is 38.0 Å². The molecule has 6 heteroatoms. The molecule has 3 heterocycles. The number of hydrogen-bond acceptors (Lipinski definition) is 5. The number of rotatable bonds is 8. The van der Waals surface area contributed by atoms with E-state index in [1.807, 2.05) is 18.5 Å². The average Bonchev–Trinajstić information content (AvgIpc) is 3.18. The summed E-state index contributed by atoms with van der Waals surface area (Å²) in [5.41, 5.74) is 3.21. The van der Waals surface area contributed by atoms with Gasteiger partial charge in [-0.3, -0.25) is 4.99 Å². The van der Waals surface area contributed by atoms with E-state index < -0.39 is 0 Å². The Balaban J connectivity index is 1.52. The molecule has 29 heavy (non-hydrogen) atoms. The molecule has 0 unspecified atom stereocenters. The molecule has 3 aromatic rings. The standard InChI is InChI=1S/C23H29N5O/c1-2-3-4-9-22-26-19(14-23(27-22)28-10-12-29-13-11-28)17-24-15-18-16-25-21-8-6-5-7-20(18)21/h5-8,14-16,25H,2-4,9-13,17H2,1H3. The average molecular weight is 392 g/mol. The molecule has 0 saturated carbocycles. The van der Waals surface area contributed by atoms with Crippen LogP contribution in [0.25, 0.3) is 10.9 Å². The van der Waals surface area contributed by atoms with Crippen molar-refractivity contribution in [3.63, 3.8) is 0 Å². The van der Waals surface area contributed by atoms with Crippen LogP contribution in [-0.4, -0.2) is 47.5 Å². The number of aromatic nitrogens is 3. The molecular formula is C23H29N5O. The molecule has 2 aromatic heterocycles. The van der Waals surface area contributed by atoms with E-state index in [1.54, 1.807) is 0 Å². The summed E-state index contributed by atoms with van der Waals surface area (Å²) in [6.07, 6.45) is 8.39. The molecule has 4 rings (SSSR count). The lowest BCUT2D eigenvalue weighted by atomic mass is 10.2. The fourth-order valence-electron chi connectivity index (χ4n) is 3.66. The zero-order valence-electron chi connectivity index (χ0n) is 17.1. The van der Waals surface area contributed by atoms with Gasteiger partial charge in [0, 0.05) is 54.5 Å². The number of fused-ring (bicyclic) bond motifs is 1. The highest BCUT2D eigenvalue weighted by Crippen LogP contribution is 2.18. The lowest BCUT2D eigenvalue weighted by Crippen LogP contribution is -2.37. The Kier molecular flexibility index (Phi) is 6.52. The number of aryl methyl sites for hydroxylation is 1. The van der Waals surface area contributed by atoms with Crippen molar-refractivity contribution in [3.8, 4) is 0 Å². The Bertz CT molecular complexity index is 959. The third-order valence-corrected chi connectivity index (χ3v) is 5.26. The van der Waals surface area contributed by atoms with Gasteiger partial charge in [0.1, 0.15) is 11.6 Å². The van der Waals surface area contributed by atoms with Crippen molar-refractivity contribution < 1.29 is 4.74 Å². The summed E-state index contributed by atoms with van der Waals surface area (Å²) < 4.78 is 5.49.